The van der Waals surface area contributed by atoms with Crippen LogP contribution in [0.3, 0.4) is 0 Å². The maximum absolute atomic E-state index is 6.56. The van der Waals surface area contributed by atoms with E-state index >= 15 is 0 Å². The van der Waals surface area contributed by atoms with Gasteiger partial charge in [-0.15, -0.1) is 0 Å². The molecule has 1 aliphatic heterocycles. The van der Waals surface area contributed by atoms with Gasteiger partial charge in [-0.1, -0.05) is 44.9 Å². The molecule has 2 heteroatoms. The van der Waals surface area contributed by atoms with Gasteiger partial charge in [0.2, 0.25) is 0 Å². The molecule has 2 N–H and O–H groups in total. The van der Waals surface area contributed by atoms with E-state index in [-0.39, 0.29) is 5.60 Å². The molecule has 2 nitrogen and oxygen atoms in total. The van der Waals surface area contributed by atoms with Crippen molar-refractivity contribution < 1.29 is 4.74 Å². The van der Waals surface area contributed by atoms with Crippen molar-refractivity contribution in [3.05, 3.63) is 0 Å². The molecular weight excluding hydrogens is 246 g/mol. The zero-order chi connectivity index (χ0) is 13.8. The summed E-state index contributed by atoms with van der Waals surface area (Å²) in [6.07, 6.45) is 17.6. The van der Waals surface area contributed by atoms with E-state index in [1.54, 1.807) is 0 Å². The summed E-state index contributed by atoms with van der Waals surface area (Å²) in [5, 5.41) is 0. The van der Waals surface area contributed by atoms with Crippen LogP contribution in [0.15, 0.2) is 0 Å². The first-order valence-electron chi connectivity index (χ1n) is 9.17. The van der Waals surface area contributed by atoms with Crippen molar-refractivity contribution in [1.82, 2.24) is 0 Å². The summed E-state index contributed by atoms with van der Waals surface area (Å²) in [6, 6.07) is 0.429. The lowest BCUT2D eigenvalue weighted by atomic mass is 9.73. The van der Waals surface area contributed by atoms with Crippen molar-refractivity contribution in [2.75, 3.05) is 6.61 Å². The van der Waals surface area contributed by atoms with Crippen molar-refractivity contribution in [1.29, 1.82) is 0 Å². The molecule has 3 fully saturated rings. The molecule has 2 aliphatic carbocycles. The van der Waals surface area contributed by atoms with Crippen LogP contribution in [0.5, 0.6) is 0 Å². The highest BCUT2D eigenvalue weighted by Crippen LogP contribution is 2.42. The third-order valence-electron chi connectivity index (χ3n) is 6.28. The average molecular weight is 279 g/mol. The van der Waals surface area contributed by atoms with Gasteiger partial charge in [-0.25, -0.2) is 0 Å². The first-order chi connectivity index (χ1) is 9.77. The van der Waals surface area contributed by atoms with Crippen LogP contribution >= 0.6 is 0 Å². The standard InChI is InChI=1S/C18H33NO/c19-17(9-8-15-6-2-3-7-15)16-10-13-20-18(14-16)11-4-1-5-12-18/h15-17H,1-14,19H2. The second-order valence-electron chi connectivity index (χ2n) is 7.74. The van der Waals surface area contributed by atoms with Gasteiger partial charge in [0.05, 0.1) is 5.60 Å². The molecule has 0 amide bonds. The second kappa shape index (κ2) is 6.79. The Balaban J connectivity index is 1.47. The molecule has 116 valence electrons. The van der Waals surface area contributed by atoms with Gasteiger partial charge in [0.15, 0.2) is 0 Å². The fourth-order valence-corrected chi connectivity index (χ4v) is 4.94. The molecule has 0 bridgehead atoms. The van der Waals surface area contributed by atoms with Crippen LogP contribution < -0.4 is 5.73 Å². The highest BCUT2D eigenvalue weighted by Gasteiger charge is 2.40. The smallest absolute Gasteiger partial charge is 0.0685 e. The first kappa shape index (κ1) is 14.8. The zero-order valence-electron chi connectivity index (χ0n) is 13.1. The third kappa shape index (κ3) is 3.57. The summed E-state index contributed by atoms with van der Waals surface area (Å²) in [5.41, 5.74) is 6.79. The van der Waals surface area contributed by atoms with Crippen LogP contribution in [-0.4, -0.2) is 18.2 Å². The molecule has 3 aliphatic rings. The molecule has 0 aromatic heterocycles. The molecule has 0 aromatic rings. The maximum Gasteiger partial charge on any atom is 0.0685 e. The second-order valence-corrected chi connectivity index (χ2v) is 7.74. The summed E-state index contributed by atoms with van der Waals surface area (Å²) in [6.45, 7) is 0.960. The number of rotatable bonds is 4. The number of hydrogen-bond acceptors (Lipinski definition) is 2. The highest BCUT2D eigenvalue weighted by atomic mass is 16.5. The van der Waals surface area contributed by atoms with Crippen molar-refractivity contribution in [3.8, 4) is 0 Å². The molecule has 3 rings (SSSR count). The minimum Gasteiger partial charge on any atom is -0.375 e. The van der Waals surface area contributed by atoms with Gasteiger partial charge in [0.1, 0.15) is 0 Å². The molecular formula is C18H33NO. The molecule has 2 saturated carbocycles. The summed E-state index contributed by atoms with van der Waals surface area (Å²) >= 11 is 0. The third-order valence-corrected chi connectivity index (χ3v) is 6.28. The number of ether oxygens (including phenoxy) is 1. The van der Waals surface area contributed by atoms with Crippen molar-refractivity contribution in [3.63, 3.8) is 0 Å². The summed E-state index contributed by atoms with van der Waals surface area (Å²) in [4.78, 5) is 0. The van der Waals surface area contributed by atoms with E-state index in [4.69, 9.17) is 10.5 Å². The first-order valence-corrected chi connectivity index (χ1v) is 9.17. The molecule has 1 heterocycles. The van der Waals surface area contributed by atoms with Crippen molar-refractivity contribution in [2.45, 2.75) is 95.1 Å². The van der Waals surface area contributed by atoms with Crippen LogP contribution in [0, 0.1) is 11.8 Å². The number of hydrogen-bond donors (Lipinski definition) is 1. The zero-order valence-corrected chi connectivity index (χ0v) is 13.1. The Morgan fingerprint density at radius 1 is 1.00 bits per heavy atom. The van der Waals surface area contributed by atoms with E-state index in [0.29, 0.717) is 6.04 Å². The van der Waals surface area contributed by atoms with Crippen LogP contribution in [0.25, 0.3) is 0 Å². The molecule has 0 radical (unpaired) electrons. The Labute approximate surface area is 124 Å². The topological polar surface area (TPSA) is 35.2 Å². The Morgan fingerprint density at radius 2 is 1.75 bits per heavy atom. The molecule has 20 heavy (non-hydrogen) atoms. The van der Waals surface area contributed by atoms with Gasteiger partial charge in [0.25, 0.3) is 0 Å². The molecule has 1 spiro atoms. The van der Waals surface area contributed by atoms with E-state index in [1.165, 1.54) is 83.5 Å². The van der Waals surface area contributed by atoms with Crippen molar-refractivity contribution in [2.24, 2.45) is 17.6 Å². The molecule has 2 atom stereocenters. The lowest BCUT2D eigenvalue weighted by molar-refractivity contribution is -0.120. The molecule has 2 unspecified atom stereocenters. The van der Waals surface area contributed by atoms with E-state index in [2.05, 4.69) is 0 Å². The van der Waals surface area contributed by atoms with Crippen LogP contribution in [0.2, 0.25) is 0 Å². The fraction of sp³-hybridized carbons (Fsp3) is 1.00. The minimum absolute atomic E-state index is 0.228. The Hall–Kier alpha value is -0.0800. The lowest BCUT2D eigenvalue weighted by Gasteiger charge is -2.45. The largest absolute Gasteiger partial charge is 0.375 e. The Kier molecular flexibility index (Phi) is 5.04. The predicted octanol–water partition coefficient (Wildman–Crippen LogP) is 4.41. The van der Waals surface area contributed by atoms with Gasteiger partial charge in [0, 0.05) is 12.6 Å². The molecule has 1 saturated heterocycles. The van der Waals surface area contributed by atoms with E-state index in [0.717, 1.165) is 18.4 Å². The Morgan fingerprint density at radius 3 is 2.50 bits per heavy atom. The van der Waals surface area contributed by atoms with Gasteiger partial charge in [-0.2, -0.15) is 0 Å². The minimum atomic E-state index is 0.228. The quantitative estimate of drug-likeness (QED) is 0.827. The summed E-state index contributed by atoms with van der Waals surface area (Å²) in [5.74, 6) is 1.72. The van der Waals surface area contributed by atoms with E-state index < -0.39 is 0 Å². The lowest BCUT2D eigenvalue weighted by Crippen LogP contribution is -2.46. The number of nitrogens with two attached hydrogens (primary N) is 1. The van der Waals surface area contributed by atoms with Crippen LogP contribution in [0.4, 0.5) is 0 Å². The normalized spacial score (nSPS) is 32.5. The van der Waals surface area contributed by atoms with Crippen LogP contribution in [0.1, 0.15) is 83.5 Å². The fourth-order valence-electron chi connectivity index (χ4n) is 4.94. The average Bonchev–Trinajstić information content (AvgIpc) is 2.99. The molecule has 0 aromatic carbocycles. The highest BCUT2D eigenvalue weighted by molar-refractivity contribution is 4.92. The summed E-state index contributed by atoms with van der Waals surface area (Å²) in [7, 11) is 0. The Bertz CT molecular complexity index is 286. The van der Waals surface area contributed by atoms with E-state index in [1.807, 2.05) is 0 Å². The van der Waals surface area contributed by atoms with E-state index in [9.17, 15) is 0 Å². The predicted molar refractivity (Wildman–Crippen MR) is 83.7 cm³/mol. The van der Waals surface area contributed by atoms with Gasteiger partial charge in [-0.3, -0.25) is 0 Å². The maximum atomic E-state index is 6.56. The summed E-state index contributed by atoms with van der Waals surface area (Å²) < 4.78 is 6.21. The van der Waals surface area contributed by atoms with Crippen LogP contribution in [-0.2, 0) is 4.74 Å². The van der Waals surface area contributed by atoms with Gasteiger partial charge < -0.3 is 10.5 Å². The van der Waals surface area contributed by atoms with Crippen molar-refractivity contribution >= 4 is 0 Å². The van der Waals surface area contributed by atoms with Gasteiger partial charge >= 0.3 is 0 Å². The van der Waals surface area contributed by atoms with Gasteiger partial charge in [-0.05, 0) is 50.4 Å². The monoisotopic (exact) mass is 279 g/mol. The SMILES string of the molecule is NC(CCC1CCCC1)C1CCOC2(CCCCC2)C1.